The van der Waals surface area contributed by atoms with Crippen LogP contribution in [-0.2, 0) is 0 Å². The second kappa shape index (κ2) is 7.22. The van der Waals surface area contributed by atoms with Crippen LogP contribution in [0, 0.1) is 0 Å². The highest BCUT2D eigenvalue weighted by molar-refractivity contribution is 5.91. The zero-order valence-corrected chi connectivity index (χ0v) is 13.3. The number of anilines is 1. The molecule has 1 N–H and O–H groups in total. The van der Waals surface area contributed by atoms with Crippen LogP contribution in [0.5, 0.6) is 5.75 Å². The fraction of sp³-hybridized carbons (Fsp3) is 0.389. The first-order chi connectivity index (χ1) is 11.3. The molecule has 1 aliphatic heterocycles. The molecule has 0 aliphatic carbocycles. The number of nitrogens with one attached hydrogen (secondary N) is 1. The summed E-state index contributed by atoms with van der Waals surface area (Å²) in [5.74, 6) is 1.51. The maximum absolute atomic E-state index is 12.8. The summed E-state index contributed by atoms with van der Waals surface area (Å²) in [4.78, 5) is 14.7. The lowest BCUT2D eigenvalue weighted by Gasteiger charge is -2.29. The Morgan fingerprint density at radius 2 is 2.09 bits per heavy atom. The number of hydrogen-bond donors (Lipinski definition) is 1. The van der Waals surface area contributed by atoms with E-state index in [1.54, 1.807) is 13.4 Å². The SMILES string of the molecule is COc1ccccc1NC(=O)N1CCCCCC1c1ccco1. The lowest BCUT2D eigenvalue weighted by molar-refractivity contribution is 0.179. The molecule has 1 atom stereocenters. The normalized spacial score (nSPS) is 18.3. The standard InChI is InChI=1S/C18H22N2O3/c1-22-16-10-5-4-8-14(16)19-18(21)20-12-6-2-3-9-15(20)17-11-7-13-23-17/h4-5,7-8,10-11,13,15H,2-3,6,9,12H2,1H3,(H,19,21). The number of para-hydroxylation sites is 2. The van der Waals surface area contributed by atoms with Crippen LogP contribution in [0.25, 0.3) is 0 Å². The fourth-order valence-corrected chi connectivity index (χ4v) is 3.06. The van der Waals surface area contributed by atoms with Crippen LogP contribution in [0.15, 0.2) is 47.1 Å². The van der Waals surface area contributed by atoms with Gasteiger partial charge in [-0.3, -0.25) is 0 Å². The Balaban J connectivity index is 1.80. The molecule has 1 aromatic carbocycles. The first-order valence-electron chi connectivity index (χ1n) is 8.03. The van der Waals surface area contributed by atoms with Crippen LogP contribution >= 0.6 is 0 Å². The van der Waals surface area contributed by atoms with Gasteiger partial charge in [0.1, 0.15) is 11.5 Å². The van der Waals surface area contributed by atoms with Crippen molar-refractivity contribution in [1.29, 1.82) is 0 Å². The molecule has 122 valence electrons. The van der Waals surface area contributed by atoms with E-state index in [9.17, 15) is 4.79 Å². The molecule has 2 heterocycles. The van der Waals surface area contributed by atoms with E-state index in [1.807, 2.05) is 41.3 Å². The molecule has 1 unspecified atom stereocenters. The van der Waals surface area contributed by atoms with Gasteiger partial charge in [-0.2, -0.15) is 0 Å². The molecule has 0 radical (unpaired) electrons. The van der Waals surface area contributed by atoms with Gasteiger partial charge in [0.15, 0.2) is 0 Å². The third-order valence-corrected chi connectivity index (χ3v) is 4.23. The van der Waals surface area contributed by atoms with Crippen LogP contribution in [0.3, 0.4) is 0 Å². The van der Waals surface area contributed by atoms with Gasteiger partial charge in [-0.05, 0) is 37.1 Å². The number of urea groups is 1. The second-order valence-corrected chi connectivity index (χ2v) is 5.70. The number of ether oxygens (including phenoxy) is 1. The minimum atomic E-state index is -0.113. The quantitative estimate of drug-likeness (QED) is 0.911. The molecule has 5 heteroatoms. The predicted octanol–water partition coefficient (Wildman–Crippen LogP) is 4.44. The van der Waals surface area contributed by atoms with E-state index in [2.05, 4.69) is 5.32 Å². The smallest absolute Gasteiger partial charge is 0.322 e. The number of methoxy groups -OCH3 is 1. The van der Waals surface area contributed by atoms with Crippen LogP contribution in [0.4, 0.5) is 10.5 Å². The number of furan rings is 1. The van der Waals surface area contributed by atoms with Gasteiger partial charge >= 0.3 is 6.03 Å². The average Bonchev–Trinajstić information content (AvgIpc) is 2.99. The van der Waals surface area contributed by atoms with Crippen molar-refractivity contribution >= 4 is 11.7 Å². The Labute approximate surface area is 136 Å². The number of carbonyl (C=O) groups excluding carboxylic acids is 1. The second-order valence-electron chi connectivity index (χ2n) is 5.70. The maximum Gasteiger partial charge on any atom is 0.322 e. The molecule has 0 spiro atoms. The third kappa shape index (κ3) is 3.50. The topological polar surface area (TPSA) is 54.7 Å². The van der Waals surface area contributed by atoms with E-state index in [0.29, 0.717) is 11.4 Å². The molecule has 5 nitrogen and oxygen atoms in total. The summed E-state index contributed by atoms with van der Waals surface area (Å²) in [5, 5.41) is 2.97. The van der Waals surface area contributed by atoms with Crippen molar-refractivity contribution in [3.8, 4) is 5.75 Å². The lowest BCUT2D eigenvalue weighted by atomic mass is 10.1. The molecule has 0 bridgehead atoms. The van der Waals surface area contributed by atoms with Gasteiger partial charge in [-0.1, -0.05) is 25.0 Å². The summed E-state index contributed by atoms with van der Waals surface area (Å²) in [7, 11) is 1.60. The number of benzene rings is 1. The zero-order valence-electron chi connectivity index (χ0n) is 13.3. The maximum atomic E-state index is 12.8. The highest BCUT2D eigenvalue weighted by Crippen LogP contribution is 2.32. The van der Waals surface area contributed by atoms with Gasteiger partial charge in [0.2, 0.25) is 0 Å². The predicted molar refractivity (Wildman–Crippen MR) is 88.6 cm³/mol. The number of rotatable bonds is 3. The van der Waals surface area contributed by atoms with E-state index in [0.717, 1.165) is 38.0 Å². The summed E-state index contributed by atoms with van der Waals surface area (Å²) in [6.45, 7) is 0.729. The van der Waals surface area contributed by atoms with Crippen LogP contribution < -0.4 is 10.1 Å². The van der Waals surface area contributed by atoms with Crippen LogP contribution in [0.1, 0.15) is 37.5 Å². The van der Waals surface area contributed by atoms with Crippen molar-refractivity contribution in [1.82, 2.24) is 4.90 Å². The molecule has 1 fully saturated rings. The Kier molecular flexibility index (Phi) is 4.86. The van der Waals surface area contributed by atoms with Gasteiger partial charge in [0.05, 0.1) is 25.1 Å². The van der Waals surface area contributed by atoms with Crippen molar-refractivity contribution in [2.75, 3.05) is 19.0 Å². The summed E-state index contributed by atoms with van der Waals surface area (Å²) < 4.78 is 10.9. The highest BCUT2D eigenvalue weighted by Gasteiger charge is 2.29. The van der Waals surface area contributed by atoms with E-state index in [4.69, 9.17) is 9.15 Å². The first kappa shape index (κ1) is 15.5. The molecule has 0 saturated carbocycles. The molecule has 2 amide bonds. The van der Waals surface area contributed by atoms with Crippen molar-refractivity contribution in [2.45, 2.75) is 31.7 Å². The Morgan fingerprint density at radius 3 is 2.87 bits per heavy atom. The molecule has 1 aromatic heterocycles. The molecule has 2 aromatic rings. The van der Waals surface area contributed by atoms with Crippen molar-refractivity contribution in [3.63, 3.8) is 0 Å². The summed E-state index contributed by atoms with van der Waals surface area (Å²) >= 11 is 0. The monoisotopic (exact) mass is 314 g/mol. The summed E-state index contributed by atoms with van der Waals surface area (Å²) in [6.07, 6.45) is 5.83. The summed E-state index contributed by atoms with van der Waals surface area (Å²) in [5.41, 5.74) is 0.683. The lowest BCUT2D eigenvalue weighted by Crippen LogP contribution is -2.38. The largest absolute Gasteiger partial charge is 0.495 e. The number of carbonyl (C=O) groups is 1. The summed E-state index contributed by atoms with van der Waals surface area (Å²) in [6, 6.07) is 11.1. The van der Waals surface area contributed by atoms with Crippen molar-refractivity contribution < 1.29 is 13.9 Å². The minimum absolute atomic E-state index is 0.0118. The van der Waals surface area contributed by atoms with Gasteiger partial charge in [0, 0.05) is 6.54 Å². The van der Waals surface area contributed by atoms with Gasteiger partial charge in [-0.15, -0.1) is 0 Å². The molecule has 1 saturated heterocycles. The highest BCUT2D eigenvalue weighted by atomic mass is 16.5. The van der Waals surface area contributed by atoms with Gasteiger partial charge in [0.25, 0.3) is 0 Å². The van der Waals surface area contributed by atoms with E-state index in [-0.39, 0.29) is 12.1 Å². The molecular formula is C18H22N2O3. The molecular weight excluding hydrogens is 292 g/mol. The van der Waals surface area contributed by atoms with Crippen LogP contribution in [0.2, 0.25) is 0 Å². The van der Waals surface area contributed by atoms with Gasteiger partial charge in [-0.25, -0.2) is 4.79 Å². The third-order valence-electron chi connectivity index (χ3n) is 4.23. The van der Waals surface area contributed by atoms with Crippen LogP contribution in [-0.4, -0.2) is 24.6 Å². The number of hydrogen-bond acceptors (Lipinski definition) is 3. The Bertz CT molecular complexity index is 639. The van der Waals surface area contributed by atoms with E-state index < -0.39 is 0 Å². The van der Waals surface area contributed by atoms with Crippen molar-refractivity contribution in [2.24, 2.45) is 0 Å². The van der Waals surface area contributed by atoms with E-state index in [1.165, 1.54) is 0 Å². The number of nitrogens with zero attached hydrogens (tertiary/aromatic N) is 1. The number of likely N-dealkylation sites (tertiary alicyclic amines) is 1. The first-order valence-corrected chi connectivity index (χ1v) is 8.03. The Morgan fingerprint density at radius 1 is 1.22 bits per heavy atom. The van der Waals surface area contributed by atoms with E-state index >= 15 is 0 Å². The van der Waals surface area contributed by atoms with Crippen molar-refractivity contribution in [3.05, 3.63) is 48.4 Å². The molecule has 3 rings (SSSR count). The number of amides is 2. The molecule has 1 aliphatic rings. The Hall–Kier alpha value is -2.43. The average molecular weight is 314 g/mol. The zero-order chi connectivity index (χ0) is 16.1. The van der Waals surface area contributed by atoms with Gasteiger partial charge < -0.3 is 19.4 Å². The molecule has 23 heavy (non-hydrogen) atoms. The minimum Gasteiger partial charge on any atom is -0.495 e. The fourth-order valence-electron chi connectivity index (χ4n) is 3.06.